The van der Waals surface area contributed by atoms with Crippen LogP contribution in [0.5, 0.6) is 0 Å². The van der Waals surface area contributed by atoms with Crippen LogP contribution in [-0.2, 0) is 13.1 Å². The Kier molecular flexibility index (Phi) is 7.60. The van der Waals surface area contributed by atoms with Gasteiger partial charge in [0, 0.05) is 29.7 Å². The lowest BCUT2D eigenvalue weighted by atomic mass is 9.82. The van der Waals surface area contributed by atoms with Crippen molar-refractivity contribution in [2.24, 2.45) is 17.6 Å². The summed E-state index contributed by atoms with van der Waals surface area (Å²) in [5.74, 6) is 1.48. The summed E-state index contributed by atoms with van der Waals surface area (Å²) in [7, 11) is 0. The van der Waals surface area contributed by atoms with Crippen molar-refractivity contribution in [2.75, 3.05) is 13.1 Å². The highest BCUT2D eigenvalue weighted by Crippen LogP contribution is 2.29. The second-order valence-corrected chi connectivity index (χ2v) is 8.85. The third-order valence-electron chi connectivity index (χ3n) is 5.76. The van der Waals surface area contributed by atoms with E-state index in [4.69, 9.17) is 28.9 Å². The van der Waals surface area contributed by atoms with Gasteiger partial charge in [0.15, 0.2) is 0 Å². The summed E-state index contributed by atoms with van der Waals surface area (Å²) in [5, 5.41) is 1.63. The summed E-state index contributed by atoms with van der Waals surface area (Å²) in [6.45, 7) is 5.92. The van der Waals surface area contributed by atoms with E-state index in [-0.39, 0.29) is 0 Å². The number of hydrogen-bond donors (Lipinski definition) is 1. The van der Waals surface area contributed by atoms with Crippen LogP contribution in [0.3, 0.4) is 0 Å². The van der Waals surface area contributed by atoms with Crippen LogP contribution in [0.2, 0.25) is 10.0 Å². The Morgan fingerprint density at radius 1 is 0.889 bits per heavy atom. The van der Waals surface area contributed by atoms with E-state index in [9.17, 15) is 0 Å². The second kappa shape index (κ2) is 9.93. The first-order valence-corrected chi connectivity index (χ1v) is 10.7. The Balaban J connectivity index is 1.69. The number of aryl methyl sites for hydroxylation is 1. The van der Waals surface area contributed by atoms with Gasteiger partial charge >= 0.3 is 0 Å². The molecule has 0 bridgehead atoms. The minimum Gasteiger partial charge on any atom is -0.330 e. The standard InChI is InChI=1S/C23H30Cl2N2/c1-17-12-21(8-11-23(17)25)16-27(15-20-6-9-22(24)10-7-20)14-19-4-2-18(13-26)3-5-19/h6-12,18-19H,2-5,13-16,26H2,1H3. The second-order valence-electron chi connectivity index (χ2n) is 8.00. The molecule has 3 rings (SSSR count). The quantitative estimate of drug-likeness (QED) is 0.606. The highest BCUT2D eigenvalue weighted by molar-refractivity contribution is 6.31. The molecule has 1 aliphatic carbocycles. The average Bonchev–Trinajstić information content (AvgIpc) is 2.67. The van der Waals surface area contributed by atoms with Crippen molar-refractivity contribution in [1.29, 1.82) is 0 Å². The molecule has 2 nitrogen and oxygen atoms in total. The number of rotatable bonds is 7. The lowest BCUT2D eigenvalue weighted by molar-refractivity contribution is 0.170. The van der Waals surface area contributed by atoms with E-state index in [2.05, 4.69) is 36.1 Å². The Labute approximate surface area is 173 Å². The van der Waals surface area contributed by atoms with Gasteiger partial charge in [-0.25, -0.2) is 0 Å². The Bertz CT molecular complexity index is 722. The number of hydrogen-bond acceptors (Lipinski definition) is 2. The van der Waals surface area contributed by atoms with Crippen molar-refractivity contribution in [1.82, 2.24) is 4.90 Å². The summed E-state index contributed by atoms with van der Waals surface area (Å²) >= 11 is 12.3. The van der Waals surface area contributed by atoms with Crippen LogP contribution in [0.25, 0.3) is 0 Å². The van der Waals surface area contributed by atoms with Crippen LogP contribution in [0.15, 0.2) is 42.5 Å². The predicted octanol–water partition coefficient (Wildman–Crippen LogP) is 6.07. The van der Waals surface area contributed by atoms with E-state index in [0.29, 0.717) is 0 Å². The first-order valence-electron chi connectivity index (χ1n) is 9.95. The van der Waals surface area contributed by atoms with Gasteiger partial charge in [0.1, 0.15) is 0 Å². The highest BCUT2D eigenvalue weighted by atomic mass is 35.5. The van der Waals surface area contributed by atoms with Gasteiger partial charge in [-0.2, -0.15) is 0 Å². The Hall–Kier alpha value is -1.06. The highest BCUT2D eigenvalue weighted by Gasteiger charge is 2.22. The molecule has 1 fully saturated rings. The van der Waals surface area contributed by atoms with Crippen LogP contribution in [0, 0.1) is 18.8 Å². The molecular weight excluding hydrogens is 375 g/mol. The van der Waals surface area contributed by atoms with E-state index in [0.717, 1.165) is 53.6 Å². The molecule has 0 radical (unpaired) electrons. The van der Waals surface area contributed by atoms with Crippen molar-refractivity contribution in [3.05, 3.63) is 69.2 Å². The lowest BCUT2D eigenvalue weighted by Gasteiger charge is -2.32. The van der Waals surface area contributed by atoms with E-state index >= 15 is 0 Å². The molecule has 1 aliphatic rings. The molecule has 146 valence electrons. The number of halogens is 2. The minimum absolute atomic E-state index is 0.727. The van der Waals surface area contributed by atoms with E-state index in [1.807, 2.05) is 18.2 Å². The maximum Gasteiger partial charge on any atom is 0.0435 e. The molecular formula is C23H30Cl2N2. The van der Waals surface area contributed by atoms with Crippen molar-refractivity contribution in [3.8, 4) is 0 Å². The molecule has 0 atom stereocenters. The monoisotopic (exact) mass is 404 g/mol. The minimum atomic E-state index is 0.727. The van der Waals surface area contributed by atoms with E-state index < -0.39 is 0 Å². The van der Waals surface area contributed by atoms with Crippen LogP contribution >= 0.6 is 23.2 Å². The smallest absolute Gasteiger partial charge is 0.0435 e. The molecule has 0 aromatic heterocycles. The Morgan fingerprint density at radius 3 is 2.11 bits per heavy atom. The molecule has 1 saturated carbocycles. The maximum atomic E-state index is 6.21. The van der Waals surface area contributed by atoms with E-state index in [1.54, 1.807) is 0 Å². The first-order chi connectivity index (χ1) is 13.0. The lowest BCUT2D eigenvalue weighted by Crippen LogP contribution is -2.32. The molecule has 0 amide bonds. The number of nitrogens with two attached hydrogens (primary N) is 1. The zero-order valence-corrected chi connectivity index (χ0v) is 17.6. The van der Waals surface area contributed by atoms with Gasteiger partial charge in [-0.05, 0) is 85.9 Å². The number of benzene rings is 2. The first kappa shape index (κ1) is 20.7. The summed E-state index contributed by atoms with van der Waals surface area (Å²) in [5.41, 5.74) is 9.63. The molecule has 4 heteroatoms. The zero-order valence-electron chi connectivity index (χ0n) is 16.1. The topological polar surface area (TPSA) is 29.3 Å². The van der Waals surface area contributed by atoms with Gasteiger partial charge in [-0.1, -0.05) is 47.5 Å². The fourth-order valence-electron chi connectivity index (χ4n) is 4.11. The van der Waals surface area contributed by atoms with Crippen LogP contribution in [0.4, 0.5) is 0 Å². The van der Waals surface area contributed by atoms with Crippen molar-refractivity contribution in [2.45, 2.75) is 45.7 Å². The van der Waals surface area contributed by atoms with Gasteiger partial charge in [0.2, 0.25) is 0 Å². The third kappa shape index (κ3) is 6.22. The maximum absolute atomic E-state index is 6.21. The van der Waals surface area contributed by atoms with Crippen molar-refractivity contribution >= 4 is 23.2 Å². The van der Waals surface area contributed by atoms with Crippen molar-refractivity contribution < 1.29 is 0 Å². The molecule has 2 N–H and O–H groups in total. The fourth-order valence-corrected chi connectivity index (χ4v) is 4.35. The molecule has 27 heavy (non-hydrogen) atoms. The summed E-state index contributed by atoms with van der Waals surface area (Å²) < 4.78 is 0. The Morgan fingerprint density at radius 2 is 1.48 bits per heavy atom. The normalized spacial score (nSPS) is 20.2. The molecule has 0 heterocycles. The predicted molar refractivity (Wildman–Crippen MR) is 116 cm³/mol. The summed E-state index contributed by atoms with van der Waals surface area (Å²) in [6, 6.07) is 14.6. The molecule has 0 saturated heterocycles. The van der Waals surface area contributed by atoms with Gasteiger partial charge in [0.05, 0.1) is 0 Å². The molecule has 2 aromatic carbocycles. The summed E-state index contributed by atoms with van der Waals surface area (Å²) in [6.07, 6.45) is 5.13. The molecule has 0 spiro atoms. The third-order valence-corrected chi connectivity index (χ3v) is 6.44. The average molecular weight is 405 g/mol. The van der Waals surface area contributed by atoms with Gasteiger partial charge in [0.25, 0.3) is 0 Å². The van der Waals surface area contributed by atoms with Gasteiger partial charge in [-0.15, -0.1) is 0 Å². The number of nitrogens with zero attached hydrogens (tertiary/aromatic N) is 1. The fraction of sp³-hybridized carbons (Fsp3) is 0.478. The van der Waals surface area contributed by atoms with Gasteiger partial charge in [-0.3, -0.25) is 4.90 Å². The van der Waals surface area contributed by atoms with Crippen LogP contribution < -0.4 is 5.73 Å². The largest absolute Gasteiger partial charge is 0.330 e. The zero-order chi connectivity index (χ0) is 19.2. The SMILES string of the molecule is Cc1cc(CN(Cc2ccc(Cl)cc2)CC2CCC(CN)CC2)ccc1Cl. The van der Waals surface area contributed by atoms with Crippen LogP contribution in [-0.4, -0.2) is 18.0 Å². The molecule has 2 aromatic rings. The van der Waals surface area contributed by atoms with Crippen molar-refractivity contribution in [3.63, 3.8) is 0 Å². The summed E-state index contributed by atoms with van der Waals surface area (Å²) in [4.78, 5) is 2.57. The van der Waals surface area contributed by atoms with E-state index in [1.165, 1.54) is 36.8 Å². The molecule has 0 aliphatic heterocycles. The van der Waals surface area contributed by atoms with Gasteiger partial charge < -0.3 is 5.73 Å². The van der Waals surface area contributed by atoms with Crippen LogP contribution in [0.1, 0.15) is 42.4 Å². The molecule has 0 unspecified atom stereocenters.